The van der Waals surface area contributed by atoms with Gasteiger partial charge in [-0.25, -0.2) is 8.78 Å². The van der Waals surface area contributed by atoms with Crippen LogP contribution in [-0.2, 0) is 11.2 Å². The molecule has 2 atom stereocenters. The van der Waals surface area contributed by atoms with Gasteiger partial charge in [-0.15, -0.1) is 0 Å². The lowest BCUT2D eigenvalue weighted by Crippen LogP contribution is -2.31. The minimum Gasteiger partial charge on any atom is -0.352 e. The van der Waals surface area contributed by atoms with E-state index >= 15 is 0 Å². The fourth-order valence-electron chi connectivity index (χ4n) is 2.94. The first-order valence-electron chi connectivity index (χ1n) is 6.92. The highest BCUT2D eigenvalue weighted by Crippen LogP contribution is 2.33. The van der Waals surface area contributed by atoms with E-state index in [1.807, 2.05) is 30.3 Å². The summed E-state index contributed by atoms with van der Waals surface area (Å²) in [6.45, 7) is 0. The minimum absolute atomic E-state index is 0.0109. The Morgan fingerprint density at radius 3 is 2.33 bits per heavy atom. The summed E-state index contributed by atoms with van der Waals surface area (Å²) >= 11 is 0. The molecular formula is C17H15F2NO. The molecule has 0 aliphatic carbocycles. The van der Waals surface area contributed by atoms with E-state index in [9.17, 15) is 13.6 Å². The molecule has 21 heavy (non-hydrogen) atoms. The van der Waals surface area contributed by atoms with Crippen LogP contribution in [0.4, 0.5) is 8.78 Å². The highest BCUT2D eigenvalue weighted by molar-refractivity contribution is 5.80. The number of benzene rings is 2. The lowest BCUT2D eigenvalue weighted by atomic mass is 9.87. The van der Waals surface area contributed by atoms with E-state index in [4.69, 9.17) is 0 Å². The summed E-state index contributed by atoms with van der Waals surface area (Å²) in [5.41, 5.74) is 1.04. The van der Waals surface area contributed by atoms with Gasteiger partial charge in [0.2, 0.25) is 5.91 Å². The molecule has 2 unspecified atom stereocenters. The van der Waals surface area contributed by atoms with Crippen LogP contribution in [0.25, 0.3) is 0 Å². The smallest absolute Gasteiger partial charge is 0.220 e. The minimum atomic E-state index is -0.588. The molecule has 1 aliphatic heterocycles. The van der Waals surface area contributed by atoms with Crippen molar-refractivity contribution >= 4 is 5.91 Å². The van der Waals surface area contributed by atoms with Crippen molar-refractivity contribution < 1.29 is 13.6 Å². The van der Waals surface area contributed by atoms with Gasteiger partial charge < -0.3 is 5.32 Å². The molecule has 1 heterocycles. The molecule has 1 saturated heterocycles. The first kappa shape index (κ1) is 13.7. The second-order valence-corrected chi connectivity index (χ2v) is 5.31. The molecule has 0 radical (unpaired) electrons. The second-order valence-electron chi connectivity index (χ2n) is 5.31. The van der Waals surface area contributed by atoms with E-state index in [2.05, 4.69) is 5.32 Å². The number of halogens is 2. The number of carbonyl (C=O) groups excluding carboxylic acids is 1. The van der Waals surface area contributed by atoms with Gasteiger partial charge in [-0.1, -0.05) is 36.4 Å². The van der Waals surface area contributed by atoms with Gasteiger partial charge in [-0.3, -0.25) is 4.79 Å². The first-order chi connectivity index (χ1) is 10.1. The summed E-state index contributed by atoms with van der Waals surface area (Å²) in [6, 6.07) is 13.1. The van der Waals surface area contributed by atoms with Crippen molar-refractivity contribution in [3.63, 3.8) is 0 Å². The Balaban J connectivity index is 1.91. The molecule has 1 N–H and O–H groups in total. The fraction of sp³-hybridized carbons (Fsp3) is 0.235. The van der Waals surface area contributed by atoms with Gasteiger partial charge in [0.1, 0.15) is 11.6 Å². The maximum atomic E-state index is 14.0. The third kappa shape index (κ3) is 2.79. The summed E-state index contributed by atoms with van der Waals surface area (Å²) in [6.07, 6.45) is 0.681. The van der Waals surface area contributed by atoms with Crippen LogP contribution in [0.3, 0.4) is 0 Å². The molecule has 0 aromatic heterocycles. The monoisotopic (exact) mass is 287 g/mol. The molecule has 2 nitrogen and oxygen atoms in total. The van der Waals surface area contributed by atoms with Crippen molar-refractivity contribution in [3.8, 4) is 0 Å². The molecule has 1 fully saturated rings. The van der Waals surface area contributed by atoms with Gasteiger partial charge in [-0.2, -0.15) is 0 Å². The van der Waals surface area contributed by atoms with Crippen molar-refractivity contribution in [3.05, 3.63) is 71.3 Å². The Labute approximate surface area is 121 Å². The zero-order valence-corrected chi connectivity index (χ0v) is 11.4. The van der Waals surface area contributed by atoms with Crippen molar-refractivity contribution in [1.82, 2.24) is 5.32 Å². The number of amides is 1. The average molecular weight is 287 g/mol. The summed E-state index contributed by atoms with van der Waals surface area (Å²) in [5.74, 6) is -1.81. The van der Waals surface area contributed by atoms with Crippen molar-refractivity contribution in [2.75, 3.05) is 0 Å². The highest BCUT2D eigenvalue weighted by atomic mass is 19.1. The van der Waals surface area contributed by atoms with Crippen LogP contribution in [0.5, 0.6) is 0 Å². The van der Waals surface area contributed by atoms with Crippen molar-refractivity contribution in [2.45, 2.75) is 24.8 Å². The molecule has 4 heteroatoms. The fourth-order valence-corrected chi connectivity index (χ4v) is 2.94. The van der Waals surface area contributed by atoms with Gasteiger partial charge in [0, 0.05) is 23.9 Å². The first-order valence-corrected chi connectivity index (χ1v) is 6.92. The summed E-state index contributed by atoms with van der Waals surface area (Å²) in [5, 5.41) is 2.83. The molecule has 3 rings (SSSR count). The van der Waals surface area contributed by atoms with Crippen molar-refractivity contribution in [1.29, 1.82) is 0 Å². The van der Waals surface area contributed by atoms with Gasteiger partial charge in [0.05, 0.1) is 0 Å². The lowest BCUT2D eigenvalue weighted by molar-refractivity contribution is -0.119. The van der Waals surface area contributed by atoms with E-state index in [1.54, 1.807) is 0 Å². The maximum Gasteiger partial charge on any atom is 0.220 e. The summed E-state index contributed by atoms with van der Waals surface area (Å²) < 4.78 is 27.9. The van der Waals surface area contributed by atoms with E-state index in [-0.39, 0.29) is 23.9 Å². The quantitative estimate of drug-likeness (QED) is 0.923. The number of rotatable bonds is 3. The highest BCUT2D eigenvalue weighted by Gasteiger charge is 2.36. The normalized spacial score (nSPS) is 21.3. The van der Waals surface area contributed by atoms with Gasteiger partial charge >= 0.3 is 0 Å². The Morgan fingerprint density at radius 2 is 1.67 bits per heavy atom. The summed E-state index contributed by atoms with van der Waals surface area (Å²) in [4.78, 5) is 11.7. The maximum absolute atomic E-state index is 14.0. The Kier molecular flexibility index (Phi) is 3.69. The number of nitrogens with one attached hydrogen (secondary N) is 1. The molecule has 108 valence electrons. The molecule has 2 aromatic rings. The van der Waals surface area contributed by atoms with Crippen LogP contribution >= 0.6 is 0 Å². The third-order valence-electron chi connectivity index (χ3n) is 3.91. The average Bonchev–Trinajstić information content (AvgIpc) is 2.80. The number of carbonyl (C=O) groups is 1. The van der Waals surface area contributed by atoms with Gasteiger partial charge in [0.25, 0.3) is 0 Å². The van der Waals surface area contributed by atoms with Crippen LogP contribution in [0.2, 0.25) is 0 Å². The predicted molar refractivity (Wildman–Crippen MR) is 75.8 cm³/mol. The molecule has 0 spiro atoms. The van der Waals surface area contributed by atoms with E-state index in [0.29, 0.717) is 6.42 Å². The summed E-state index contributed by atoms with van der Waals surface area (Å²) in [7, 11) is 0. The molecular weight excluding hydrogens is 272 g/mol. The molecule has 1 amide bonds. The molecule has 1 aliphatic rings. The molecule has 0 bridgehead atoms. The standard InChI is InChI=1S/C17H15F2NO/c18-13-7-4-8-14(19)17(13)12-10-16(21)20-15(12)9-11-5-2-1-3-6-11/h1-8,12,15H,9-10H2,(H,20,21). The molecule has 2 aromatic carbocycles. The molecule has 0 saturated carbocycles. The Hall–Kier alpha value is -2.23. The van der Waals surface area contributed by atoms with E-state index in [0.717, 1.165) is 5.56 Å². The second kappa shape index (κ2) is 5.64. The topological polar surface area (TPSA) is 29.1 Å². The van der Waals surface area contributed by atoms with Crippen LogP contribution in [0, 0.1) is 11.6 Å². The van der Waals surface area contributed by atoms with Crippen molar-refractivity contribution in [2.24, 2.45) is 0 Å². The SMILES string of the molecule is O=C1CC(c2c(F)cccc2F)C(Cc2ccccc2)N1. The van der Waals surface area contributed by atoms with Gasteiger partial charge in [0.15, 0.2) is 0 Å². The Morgan fingerprint density at radius 1 is 1.00 bits per heavy atom. The van der Waals surface area contributed by atoms with Gasteiger partial charge in [-0.05, 0) is 24.1 Å². The lowest BCUT2D eigenvalue weighted by Gasteiger charge is -2.20. The predicted octanol–water partition coefficient (Wildman–Crippen LogP) is 3.18. The van der Waals surface area contributed by atoms with E-state index < -0.39 is 17.6 Å². The van der Waals surface area contributed by atoms with Crippen LogP contribution in [0.15, 0.2) is 48.5 Å². The number of hydrogen-bond donors (Lipinski definition) is 1. The zero-order chi connectivity index (χ0) is 14.8. The Bertz CT molecular complexity index is 637. The van der Waals surface area contributed by atoms with Crippen LogP contribution in [-0.4, -0.2) is 11.9 Å². The largest absolute Gasteiger partial charge is 0.352 e. The zero-order valence-electron chi connectivity index (χ0n) is 11.4. The van der Waals surface area contributed by atoms with E-state index in [1.165, 1.54) is 18.2 Å². The third-order valence-corrected chi connectivity index (χ3v) is 3.91. The van der Waals surface area contributed by atoms with Crippen LogP contribution < -0.4 is 5.32 Å². The van der Waals surface area contributed by atoms with Crippen LogP contribution in [0.1, 0.15) is 23.5 Å². The number of hydrogen-bond acceptors (Lipinski definition) is 1.